The van der Waals surface area contributed by atoms with Crippen LogP contribution in [0.2, 0.25) is 5.15 Å². The standard InChI is InChI=1S/C10H18ClN8O4P.ClH/c1-3-22-24(21,23-4-2)19-18-8-6(11)15-5(7(12)16-8)9(20)17-10(13)14;/h3-4H2,1-2H3,(H,19,21)(H3,12,16,18)(H4,13,14,17,20);1H. The molecule has 1 heterocycles. The van der Waals surface area contributed by atoms with Crippen LogP contribution >= 0.6 is 31.8 Å². The average Bonchev–Trinajstić information content (AvgIpc) is 2.47. The second-order valence-corrected chi connectivity index (χ2v) is 6.10. The monoisotopic (exact) mass is 416 g/mol. The number of anilines is 2. The van der Waals surface area contributed by atoms with E-state index in [2.05, 4.69) is 25.6 Å². The Labute approximate surface area is 154 Å². The Morgan fingerprint density at radius 2 is 1.84 bits per heavy atom. The van der Waals surface area contributed by atoms with Gasteiger partial charge in [0.2, 0.25) is 0 Å². The molecule has 0 bridgehead atoms. The van der Waals surface area contributed by atoms with Crippen LogP contribution in [-0.2, 0) is 13.6 Å². The number of nitrogens with two attached hydrogens (primary N) is 3. The number of nitrogen functional groups attached to an aromatic ring is 1. The number of guanidine groups is 1. The van der Waals surface area contributed by atoms with Gasteiger partial charge in [0.15, 0.2) is 28.4 Å². The van der Waals surface area contributed by atoms with E-state index in [4.69, 9.17) is 37.8 Å². The van der Waals surface area contributed by atoms with Crippen LogP contribution in [0.1, 0.15) is 24.3 Å². The van der Waals surface area contributed by atoms with Crippen molar-refractivity contribution in [3.05, 3.63) is 10.8 Å². The van der Waals surface area contributed by atoms with Crippen LogP contribution in [0.4, 0.5) is 11.6 Å². The van der Waals surface area contributed by atoms with Crippen LogP contribution in [0.5, 0.6) is 0 Å². The fraction of sp³-hybridized carbons (Fsp3) is 0.400. The zero-order valence-corrected chi connectivity index (χ0v) is 15.8. The number of aromatic nitrogens is 2. The molecular weight excluding hydrogens is 398 g/mol. The van der Waals surface area contributed by atoms with Gasteiger partial charge < -0.3 is 17.2 Å². The lowest BCUT2D eigenvalue weighted by atomic mass is 10.4. The van der Waals surface area contributed by atoms with E-state index in [1.54, 1.807) is 13.8 Å². The first kappa shape index (κ1) is 23.3. The predicted molar refractivity (Wildman–Crippen MR) is 96.5 cm³/mol. The van der Waals surface area contributed by atoms with Gasteiger partial charge in [-0.1, -0.05) is 11.6 Å². The number of nitrogens with one attached hydrogen (secondary N) is 2. The average molecular weight is 417 g/mol. The minimum atomic E-state index is -3.62. The van der Waals surface area contributed by atoms with Crippen molar-refractivity contribution < 1.29 is 18.4 Å². The second-order valence-electron chi connectivity index (χ2n) is 4.01. The smallest absolute Gasteiger partial charge is 0.382 e. The van der Waals surface area contributed by atoms with Gasteiger partial charge in [-0.15, -0.1) is 17.6 Å². The Kier molecular flexibility index (Phi) is 9.64. The normalized spacial score (nSPS) is 10.7. The van der Waals surface area contributed by atoms with Crippen LogP contribution in [0.3, 0.4) is 0 Å². The molecule has 1 amide bonds. The maximum Gasteiger partial charge on any atom is 0.423 e. The van der Waals surface area contributed by atoms with Gasteiger partial charge in [0, 0.05) is 0 Å². The molecule has 0 saturated heterocycles. The number of aliphatic imine (C=N–C) groups is 1. The minimum Gasteiger partial charge on any atom is -0.382 e. The summed E-state index contributed by atoms with van der Waals surface area (Å²) in [7, 11) is -3.62. The number of hydrogen-bond acceptors (Lipinski definition) is 8. The molecule has 0 atom stereocenters. The molecule has 1 aromatic rings. The topological polar surface area (TPSA) is 193 Å². The van der Waals surface area contributed by atoms with Gasteiger partial charge in [0.05, 0.1) is 13.2 Å². The molecule has 15 heteroatoms. The second kappa shape index (κ2) is 10.3. The molecule has 0 aliphatic heterocycles. The van der Waals surface area contributed by atoms with E-state index in [0.717, 1.165) is 0 Å². The molecule has 0 unspecified atom stereocenters. The summed E-state index contributed by atoms with van der Waals surface area (Å²) < 4.78 is 22.2. The molecule has 0 saturated carbocycles. The van der Waals surface area contributed by atoms with Gasteiger partial charge in [0.25, 0.3) is 0 Å². The Morgan fingerprint density at radius 1 is 1.28 bits per heavy atom. The zero-order valence-electron chi connectivity index (χ0n) is 13.4. The van der Waals surface area contributed by atoms with Crippen molar-refractivity contribution in [1.29, 1.82) is 0 Å². The summed E-state index contributed by atoms with van der Waals surface area (Å²) in [5.74, 6) is -1.76. The van der Waals surface area contributed by atoms with E-state index in [9.17, 15) is 9.36 Å². The lowest BCUT2D eigenvalue weighted by Gasteiger charge is -2.18. The summed E-state index contributed by atoms with van der Waals surface area (Å²) >= 11 is 5.90. The Morgan fingerprint density at radius 3 is 2.32 bits per heavy atom. The van der Waals surface area contributed by atoms with Crippen LogP contribution in [0.25, 0.3) is 0 Å². The molecule has 25 heavy (non-hydrogen) atoms. The molecule has 0 radical (unpaired) electrons. The number of hydrogen-bond donors (Lipinski definition) is 5. The molecule has 0 aromatic carbocycles. The highest BCUT2D eigenvalue weighted by Gasteiger charge is 2.24. The van der Waals surface area contributed by atoms with Crippen LogP contribution < -0.4 is 27.8 Å². The molecule has 0 fully saturated rings. The largest absolute Gasteiger partial charge is 0.423 e. The third-order valence-electron chi connectivity index (χ3n) is 2.22. The zero-order chi connectivity index (χ0) is 18.3. The first-order valence-corrected chi connectivity index (χ1v) is 8.53. The molecule has 0 aliphatic rings. The highest BCUT2D eigenvalue weighted by Crippen LogP contribution is 2.43. The van der Waals surface area contributed by atoms with Crippen molar-refractivity contribution in [2.24, 2.45) is 16.5 Å². The fourth-order valence-corrected chi connectivity index (χ4v) is 2.70. The minimum absolute atomic E-state index is 0. The summed E-state index contributed by atoms with van der Waals surface area (Å²) in [4.78, 5) is 22.6. The number of hydrazine groups is 1. The summed E-state index contributed by atoms with van der Waals surface area (Å²) in [5, 5.41) is 2.08. The summed E-state index contributed by atoms with van der Waals surface area (Å²) in [6.07, 6.45) is 0. The van der Waals surface area contributed by atoms with Crippen LogP contribution in [-0.4, -0.2) is 35.0 Å². The van der Waals surface area contributed by atoms with Crippen LogP contribution in [0, 0.1) is 0 Å². The van der Waals surface area contributed by atoms with E-state index in [1.165, 1.54) is 0 Å². The summed E-state index contributed by atoms with van der Waals surface area (Å²) in [5.41, 5.74) is 17.9. The number of rotatable bonds is 8. The van der Waals surface area contributed by atoms with Crippen molar-refractivity contribution in [1.82, 2.24) is 15.2 Å². The van der Waals surface area contributed by atoms with E-state index in [0.29, 0.717) is 0 Å². The highest BCUT2D eigenvalue weighted by molar-refractivity contribution is 7.51. The number of carbonyl (C=O) groups excluding carboxylic acids is 1. The number of nitrogens with zero attached hydrogens (tertiary/aromatic N) is 3. The molecule has 0 spiro atoms. The Balaban J connectivity index is 0.00000576. The van der Waals surface area contributed by atoms with E-state index in [1.807, 2.05) is 0 Å². The van der Waals surface area contributed by atoms with Crippen molar-refractivity contribution in [2.45, 2.75) is 13.8 Å². The molecular formula is C10H19Cl2N8O4P. The summed E-state index contributed by atoms with van der Waals surface area (Å²) in [6.45, 7) is 3.56. The van der Waals surface area contributed by atoms with Crippen molar-refractivity contribution in [3.8, 4) is 0 Å². The molecule has 8 N–H and O–H groups in total. The number of carbonyl (C=O) groups is 1. The first-order chi connectivity index (χ1) is 11.2. The molecule has 0 aliphatic carbocycles. The fourth-order valence-electron chi connectivity index (χ4n) is 1.40. The molecule has 1 rings (SSSR count). The molecule has 12 nitrogen and oxygen atoms in total. The van der Waals surface area contributed by atoms with E-state index in [-0.39, 0.29) is 48.1 Å². The third kappa shape index (κ3) is 6.98. The highest BCUT2D eigenvalue weighted by atomic mass is 35.5. The predicted octanol–water partition coefficient (Wildman–Crippen LogP) is 0.645. The Bertz CT molecular complexity index is 675. The maximum absolute atomic E-state index is 12.2. The summed E-state index contributed by atoms with van der Waals surface area (Å²) in [6, 6.07) is 0. The van der Waals surface area contributed by atoms with Crippen LogP contribution in [0.15, 0.2) is 4.99 Å². The third-order valence-corrected chi connectivity index (χ3v) is 4.07. The van der Waals surface area contributed by atoms with Gasteiger partial charge in [-0.2, -0.15) is 4.99 Å². The quantitative estimate of drug-likeness (QED) is 0.172. The van der Waals surface area contributed by atoms with Gasteiger partial charge in [-0.25, -0.2) is 14.5 Å². The lowest BCUT2D eigenvalue weighted by Crippen LogP contribution is -2.25. The number of halogens is 2. The van der Waals surface area contributed by atoms with Crippen molar-refractivity contribution in [3.63, 3.8) is 0 Å². The van der Waals surface area contributed by atoms with E-state index < -0.39 is 19.6 Å². The van der Waals surface area contributed by atoms with Crippen molar-refractivity contribution >= 4 is 55.3 Å². The van der Waals surface area contributed by atoms with Crippen molar-refractivity contribution in [2.75, 3.05) is 24.4 Å². The van der Waals surface area contributed by atoms with Gasteiger partial charge >= 0.3 is 13.7 Å². The lowest BCUT2D eigenvalue weighted by molar-refractivity contribution is 0.0998. The van der Waals surface area contributed by atoms with Gasteiger partial charge in [-0.3, -0.25) is 19.3 Å². The number of amides is 1. The van der Waals surface area contributed by atoms with E-state index >= 15 is 0 Å². The molecule has 142 valence electrons. The maximum atomic E-state index is 12.2. The van der Waals surface area contributed by atoms with Gasteiger partial charge in [0.1, 0.15) is 0 Å². The Hall–Kier alpha value is -1.69. The molecule has 1 aromatic heterocycles. The van der Waals surface area contributed by atoms with Gasteiger partial charge in [-0.05, 0) is 13.8 Å². The SMILES string of the molecule is CCOP(=O)(NNc1nc(N)c(C(=O)N=C(N)N)nc1Cl)OCC.Cl. The first-order valence-electron chi connectivity index (χ1n) is 6.61.